The van der Waals surface area contributed by atoms with Crippen LogP contribution in [-0.4, -0.2) is 0 Å². The molecule has 0 N–H and O–H groups in total. The van der Waals surface area contributed by atoms with Gasteiger partial charge in [0.15, 0.2) is 0 Å². The molecule has 1 aliphatic carbocycles. The van der Waals surface area contributed by atoms with E-state index in [1.165, 1.54) is 31.3 Å². The molecule has 0 saturated heterocycles. The van der Waals surface area contributed by atoms with E-state index in [0.29, 0.717) is 0 Å². The summed E-state index contributed by atoms with van der Waals surface area (Å²) in [5.41, 5.74) is 3.16. The summed E-state index contributed by atoms with van der Waals surface area (Å²) in [6.07, 6.45) is 7.50. The molecular weight excluding hydrogens is 239 g/mol. The van der Waals surface area contributed by atoms with Gasteiger partial charge in [-0.15, -0.1) is 24.8 Å². The molecule has 1 rings (SSSR count). The van der Waals surface area contributed by atoms with Crippen molar-refractivity contribution in [2.75, 3.05) is 0 Å². The second-order valence-corrected chi connectivity index (χ2v) is 4.09. The van der Waals surface area contributed by atoms with Crippen LogP contribution in [-0.2, 0) is 20.4 Å². The third-order valence-corrected chi connectivity index (χ3v) is 3.02. The van der Waals surface area contributed by atoms with E-state index in [1.54, 1.807) is 9.45 Å². The molecule has 0 saturated carbocycles. The number of halogens is 2. The van der Waals surface area contributed by atoms with Crippen LogP contribution < -0.4 is 0 Å². The number of hydrogen-bond acceptors (Lipinski definition) is 0. The molecule has 1 aliphatic rings. The summed E-state index contributed by atoms with van der Waals surface area (Å²) in [7, 11) is 0. The molecule has 0 atom stereocenters. The summed E-state index contributed by atoms with van der Waals surface area (Å²) in [5, 5.41) is 0. The molecule has 0 radical (unpaired) electrons. The normalized spacial score (nSPS) is 14.7. The first-order valence-corrected chi connectivity index (χ1v) is 5.14. The minimum absolute atomic E-state index is 0. The van der Waals surface area contributed by atoms with Crippen molar-refractivity contribution in [3.63, 3.8) is 0 Å². The summed E-state index contributed by atoms with van der Waals surface area (Å²) in [6, 6.07) is 0. The Kier molecular flexibility index (Phi) is 10.1. The Bertz CT molecular complexity index is 207. The SMILES string of the molecule is CCCCC1=[C]([Ti])CC=C1C.Cl.Cl. The molecule has 3 heteroatoms. The van der Waals surface area contributed by atoms with Gasteiger partial charge in [-0.1, -0.05) is 0 Å². The van der Waals surface area contributed by atoms with Crippen LogP contribution in [0.2, 0.25) is 0 Å². The van der Waals surface area contributed by atoms with Gasteiger partial charge < -0.3 is 0 Å². The Morgan fingerprint density at radius 3 is 2.38 bits per heavy atom. The van der Waals surface area contributed by atoms with E-state index in [1.807, 2.05) is 0 Å². The Hall–Kier alpha value is 0.774. The predicted molar refractivity (Wildman–Crippen MR) is 59.4 cm³/mol. The van der Waals surface area contributed by atoms with E-state index in [2.05, 4.69) is 40.4 Å². The number of unbranched alkanes of at least 4 members (excludes halogenated alkanes) is 1. The maximum atomic E-state index is 2.35. The maximum Gasteiger partial charge on any atom is -0.147 e. The summed E-state index contributed by atoms with van der Waals surface area (Å²) >= 11 is 2.26. The van der Waals surface area contributed by atoms with Crippen molar-refractivity contribution in [3.8, 4) is 0 Å². The van der Waals surface area contributed by atoms with Crippen LogP contribution in [0.1, 0.15) is 39.5 Å². The molecule has 75 valence electrons. The van der Waals surface area contributed by atoms with Crippen LogP contribution in [0.5, 0.6) is 0 Å². The van der Waals surface area contributed by atoms with E-state index >= 15 is 0 Å². The van der Waals surface area contributed by atoms with Gasteiger partial charge in [-0.2, -0.15) is 0 Å². The summed E-state index contributed by atoms with van der Waals surface area (Å²) in [6.45, 7) is 4.49. The van der Waals surface area contributed by atoms with E-state index in [4.69, 9.17) is 0 Å². The van der Waals surface area contributed by atoms with Gasteiger partial charge in [-0.3, -0.25) is 0 Å². The zero-order valence-corrected chi connectivity index (χ0v) is 11.4. The molecule has 0 fully saturated rings. The van der Waals surface area contributed by atoms with Crippen molar-refractivity contribution in [1.82, 2.24) is 0 Å². The van der Waals surface area contributed by atoms with Gasteiger partial charge in [0.05, 0.1) is 0 Å². The Labute approximate surface area is 105 Å². The quantitative estimate of drug-likeness (QED) is 0.664. The fraction of sp³-hybridized carbons (Fsp3) is 0.600. The van der Waals surface area contributed by atoms with Gasteiger partial charge in [-0.25, -0.2) is 0 Å². The third-order valence-electron chi connectivity index (χ3n) is 2.23. The molecule has 0 aromatic heterocycles. The van der Waals surface area contributed by atoms with Gasteiger partial charge >= 0.3 is 81.1 Å². The van der Waals surface area contributed by atoms with Crippen LogP contribution in [0.25, 0.3) is 0 Å². The van der Waals surface area contributed by atoms with Crippen LogP contribution in [0.3, 0.4) is 0 Å². The van der Waals surface area contributed by atoms with Crippen molar-refractivity contribution in [2.24, 2.45) is 0 Å². The van der Waals surface area contributed by atoms with Gasteiger partial charge in [0.1, 0.15) is 0 Å². The number of hydrogen-bond donors (Lipinski definition) is 0. The van der Waals surface area contributed by atoms with Gasteiger partial charge in [0.2, 0.25) is 0 Å². The van der Waals surface area contributed by atoms with Gasteiger partial charge in [0.25, 0.3) is 0 Å². The summed E-state index contributed by atoms with van der Waals surface area (Å²) in [5.74, 6) is 0. The Morgan fingerprint density at radius 1 is 1.38 bits per heavy atom. The Morgan fingerprint density at radius 2 is 2.00 bits per heavy atom. The topological polar surface area (TPSA) is 0 Å². The van der Waals surface area contributed by atoms with Gasteiger partial charge in [0, 0.05) is 0 Å². The summed E-state index contributed by atoms with van der Waals surface area (Å²) in [4.78, 5) is 0. The molecule has 0 spiro atoms. The van der Waals surface area contributed by atoms with Gasteiger partial charge in [-0.05, 0) is 0 Å². The largest absolute Gasteiger partial charge is 0.147 e. The summed E-state index contributed by atoms with van der Waals surface area (Å²) < 4.78 is 1.59. The van der Waals surface area contributed by atoms with Crippen molar-refractivity contribution in [1.29, 1.82) is 0 Å². The first-order valence-electron chi connectivity index (χ1n) is 4.36. The average molecular weight is 256 g/mol. The Balaban J connectivity index is 0. The molecule has 0 nitrogen and oxygen atoms in total. The zero-order valence-electron chi connectivity index (χ0n) is 8.22. The number of allylic oxidation sites excluding steroid dienone is 4. The molecular formula is C10H17Cl2Ti. The molecule has 13 heavy (non-hydrogen) atoms. The molecule has 0 bridgehead atoms. The first-order chi connectivity index (χ1) is 5.25. The van der Waals surface area contributed by atoms with Crippen molar-refractivity contribution >= 4 is 24.8 Å². The van der Waals surface area contributed by atoms with Crippen LogP contribution >= 0.6 is 24.8 Å². The van der Waals surface area contributed by atoms with E-state index in [9.17, 15) is 0 Å². The van der Waals surface area contributed by atoms with Crippen LogP contribution in [0, 0.1) is 0 Å². The zero-order chi connectivity index (χ0) is 8.27. The van der Waals surface area contributed by atoms with Crippen molar-refractivity contribution in [2.45, 2.75) is 39.5 Å². The van der Waals surface area contributed by atoms with Crippen LogP contribution in [0.4, 0.5) is 0 Å². The molecule has 0 amide bonds. The monoisotopic (exact) mass is 255 g/mol. The maximum absolute atomic E-state index is 2.35. The minimum Gasteiger partial charge on any atom is -0.147 e. The standard InChI is InChI=1S/C10H15.2ClH.Ti/c1-3-4-7-10-8-5-6-9(10)2;;;/h6H,3-5,7H2,1-2H3;2*1H;. The molecule has 0 aromatic rings. The molecule has 0 aromatic carbocycles. The van der Waals surface area contributed by atoms with E-state index < -0.39 is 0 Å². The predicted octanol–water partition coefficient (Wildman–Crippen LogP) is 4.17. The van der Waals surface area contributed by atoms with E-state index in [0.717, 1.165) is 0 Å². The van der Waals surface area contributed by atoms with Crippen molar-refractivity contribution in [3.05, 3.63) is 21.1 Å². The first kappa shape index (κ1) is 16.2. The molecule has 0 unspecified atom stereocenters. The molecule has 0 heterocycles. The van der Waals surface area contributed by atoms with Crippen molar-refractivity contribution < 1.29 is 20.4 Å². The second-order valence-electron chi connectivity index (χ2n) is 3.15. The van der Waals surface area contributed by atoms with Crippen LogP contribution in [0.15, 0.2) is 21.1 Å². The van der Waals surface area contributed by atoms with E-state index in [-0.39, 0.29) is 24.8 Å². The minimum atomic E-state index is 0. The second kappa shape index (κ2) is 8.11. The fourth-order valence-electron chi connectivity index (χ4n) is 1.44. The average Bonchev–Trinajstić information content (AvgIpc) is 2.29. The number of rotatable bonds is 3. The fourth-order valence-corrected chi connectivity index (χ4v) is 2.10. The smallest absolute Gasteiger partial charge is 0.147 e. The molecule has 0 aliphatic heterocycles. The third kappa shape index (κ3) is 4.69.